The molecule has 36 valence electrons. The van der Waals surface area contributed by atoms with Crippen molar-refractivity contribution in [2.75, 3.05) is 0 Å². The Labute approximate surface area is 97.5 Å². The van der Waals surface area contributed by atoms with Crippen molar-refractivity contribution in [3.63, 3.8) is 0 Å². The van der Waals surface area contributed by atoms with Crippen LogP contribution in [0.5, 0.6) is 0 Å². The van der Waals surface area contributed by atoms with E-state index in [-0.39, 0.29) is 58.2 Å². The van der Waals surface area contributed by atoms with E-state index < -0.39 is 0 Å². The molecular formula is C5H5N2Rb. The van der Waals surface area contributed by atoms with Crippen molar-refractivity contribution >= 4 is 0 Å². The summed E-state index contributed by atoms with van der Waals surface area (Å²) in [6, 6.07) is 1.74. The van der Waals surface area contributed by atoms with E-state index in [9.17, 15) is 0 Å². The Morgan fingerprint density at radius 3 is 2.62 bits per heavy atom. The zero-order chi connectivity index (χ0) is 5.11. The Kier molecular flexibility index (Phi) is 5.26. The standard InChI is InChI=1S/C5H5N2.Rb/c1-5-2-3-6-4-7-5;/h2,4H,1H3;/q-1;+1. The molecule has 0 amide bonds. The molecule has 0 bridgehead atoms. The third-order valence-electron chi connectivity index (χ3n) is 0.667. The molecule has 0 aliphatic rings. The molecule has 8 heavy (non-hydrogen) atoms. The minimum Gasteiger partial charge on any atom is -0.376 e. The maximum absolute atomic E-state index is 3.84. The fourth-order valence-corrected chi connectivity index (χ4v) is 0.321. The quantitative estimate of drug-likeness (QED) is 0.414. The van der Waals surface area contributed by atoms with Gasteiger partial charge in [0.05, 0.1) is 0 Å². The summed E-state index contributed by atoms with van der Waals surface area (Å²) >= 11 is 0. The van der Waals surface area contributed by atoms with Gasteiger partial charge in [-0.15, -0.1) is 6.07 Å². The minimum absolute atomic E-state index is 0. The number of nitrogens with zero attached hydrogens (tertiary/aromatic N) is 2. The van der Waals surface area contributed by atoms with Crippen molar-refractivity contribution in [2.45, 2.75) is 6.92 Å². The molecule has 0 fully saturated rings. The van der Waals surface area contributed by atoms with Crippen LogP contribution in [-0.4, -0.2) is 9.97 Å². The Morgan fingerprint density at radius 1 is 1.62 bits per heavy atom. The summed E-state index contributed by atoms with van der Waals surface area (Å²) in [4.78, 5) is 7.45. The van der Waals surface area contributed by atoms with Crippen LogP contribution in [0.3, 0.4) is 0 Å². The van der Waals surface area contributed by atoms with E-state index in [4.69, 9.17) is 0 Å². The van der Waals surface area contributed by atoms with Crippen LogP contribution in [0.15, 0.2) is 12.4 Å². The Bertz CT molecular complexity index is 140. The number of hydrogen-bond acceptors (Lipinski definition) is 2. The van der Waals surface area contributed by atoms with Gasteiger partial charge in [0, 0.05) is 0 Å². The summed E-state index contributed by atoms with van der Waals surface area (Å²) in [5, 5.41) is 0. The van der Waals surface area contributed by atoms with Gasteiger partial charge < -0.3 is 9.97 Å². The molecule has 1 aromatic rings. The smallest absolute Gasteiger partial charge is 0.376 e. The monoisotopic (exact) mass is 178 g/mol. The second-order valence-electron chi connectivity index (χ2n) is 1.29. The fraction of sp³-hybridized carbons (Fsp3) is 0.200. The van der Waals surface area contributed by atoms with Crippen molar-refractivity contribution < 1.29 is 58.2 Å². The van der Waals surface area contributed by atoms with Gasteiger partial charge in [0.15, 0.2) is 0 Å². The average Bonchev–Trinajstić information content (AvgIpc) is 1.69. The van der Waals surface area contributed by atoms with Crippen LogP contribution in [0.1, 0.15) is 5.69 Å². The van der Waals surface area contributed by atoms with E-state index >= 15 is 0 Å². The molecule has 0 aromatic carbocycles. The second-order valence-corrected chi connectivity index (χ2v) is 1.29. The predicted molar refractivity (Wildman–Crippen MR) is 25.6 cm³/mol. The van der Waals surface area contributed by atoms with Crippen molar-refractivity contribution in [1.82, 2.24) is 9.97 Å². The fourth-order valence-electron chi connectivity index (χ4n) is 0.321. The molecule has 0 spiro atoms. The topological polar surface area (TPSA) is 25.8 Å². The predicted octanol–water partition coefficient (Wildman–Crippen LogP) is -2.41. The Balaban J connectivity index is 0.000000490. The van der Waals surface area contributed by atoms with Crippen LogP contribution in [0, 0.1) is 13.1 Å². The van der Waals surface area contributed by atoms with Gasteiger partial charge in [-0.1, -0.05) is 18.8 Å². The summed E-state index contributed by atoms with van der Waals surface area (Å²) in [6.45, 7) is 1.90. The van der Waals surface area contributed by atoms with Gasteiger partial charge in [0.25, 0.3) is 0 Å². The van der Waals surface area contributed by atoms with Gasteiger partial charge in [0.2, 0.25) is 0 Å². The first kappa shape index (κ1) is 8.89. The number of hydrogen-bond donors (Lipinski definition) is 0. The van der Waals surface area contributed by atoms with E-state index in [0.717, 1.165) is 5.69 Å². The minimum atomic E-state index is 0. The van der Waals surface area contributed by atoms with E-state index in [1.165, 1.54) is 6.33 Å². The Morgan fingerprint density at radius 2 is 2.38 bits per heavy atom. The molecule has 0 aliphatic carbocycles. The van der Waals surface area contributed by atoms with Gasteiger partial charge in [-0.05, 0) is 6.33 Å². The molecule has 0 radical (unpaired) electrons. The van der Waals surface area contributed by atoms with E-state index in [1.807, 2.05) is 6.92 Å². The molecular weight excluding hydrogens is 174 g/mol. The third-order valence-corrected chi connectivity index (χ3v) is 0.667. The van der Waals surface area contributed by atoms with E-state index in [2.05, 4.69) is 16.2 Å². The molecule has 1 aromatic heterocycles. The van der Waals surface area contributed by atoms with Gasteiger partial charge >= 0.3 is 58.2 Å². The summed E-state index contributed by atoms with van der Waals surface area (Å²) in [7, 11) is 0. The SMILES string of the molecule is Cc1c[c-]ncn1.[Rb+]. The first-order valence-corrected chi connectivity index (χ1v) is 2.04. The maximum Gasteiger partial charge on any atom is 1.00 e. The maximum atomic E-state index is 3.84. The van der Waals surface area contributed by atoms with Crippen molar-refractivity contribution in [3.8, 4) is 0 Å². The number of rotatable bonds is 0. The molecule has 0 saturated heterocycles. The summed E-state index contributed by atoms with van der Waals surface area (Å²) < 4.78 is 0. The van der Waals surface area contributed by atoms with Gasteiger partial charge in [-0.25, -0.2) is 0 Å². The van der Waals surface area contributed by atoms with Crippen LogP contribution < -0.4 is 58.2 Å². The first-order chi connectivity index (χ1) is 3.39. The molecule has 1 rings (SSSR count). The molecule has 1 heterocycles. The van der Waals surface area contributed by atoms with E-state index in [1.54, 1.807) is 6.07 Å². The zero-order valence-corrected chi connectivity index (χ0v) is 9.97. The zero-order valence-electron chi connectivity index (χ0n) is 5.05. The first-order valence-electron chi connectivity index (χ1n) is 2.04. The van der Waals surface area contributed by atoms with Gasteiger partial charge in [0.1, 0.15) is 0 Å². The molecule has 0 atom stereocenters. The third kappa shape index (κ3) is 3.02. The summed E-state index contributed by atoms with van der Waals surface area (Å²) in [5.74, 6) is 0. The summed E-state index contributed by atoms with van der Waals surface area (Å²) in [5.41, 5.74) is 0.954. The van der Waals surface area contributed by atoms with Crippen LogP contribution in [0.25, 0.3) is 0 Å². The van der Waals surface area contributed by atoms with Crippen LogP contribution in [0.4, 0.5) is 0 Å². The number of aromatic nitrogens is 2. The molecule has 0 aliphatic heterocycles. The molecule has 2 nitrogen and oxygen atoms in total. The molecule has 0 N–H and O–H groups in total. The van der Waals surface area contributed by atoms with E-state index in [0.29, 0.717) is 0 Å². The van der Waals surface area contributed by atoms with Crippen molar-refractivity contribution in [2.24, 2.45) is 0 Å². The van der Waals surface area contributed by atoms with Gasteiger partial charge in [-0.3, -0.25) is 0 Å². The molecule has 3 heteroatoms. The Hall–Kier alpha value is 0.885. The number of aryl methyl sites for hydroxylation is 1. The summed E-state index contributed by atoms with van der Waals surface area (Å²) in [6.07, 6.45) is 4.13. The van der Waals surface area contributed by atoms with Crippen LogP contribution >= 0.6 is 0 Å². The van der Waals surface area contributed by atoms with Gasteiger partial charge in [-0.2, -0.15) is 0 Å². The normalized spacial score (nSPS) is 7.62. The molecule has 0 unspecified atom stereocenters. The largest absolute Gasteiger partial charge is 1.00 e. The van der Waals surface area contributed by atoms with Crippen LogP contribution in [-0.2, 0) is 0 Å². The van der Waals surface area contributed by atoms with Crippen LogP contribution in [0.2, 0.25) is 0 Å². The molecule has 0 saturated carbocycles. The van der Waals surface area contributed by atoms with Crippen molar-refractivity contribution in [1.29, 1.82) is 0 Å². The van der Waals surface area contributed by atoms with Crippen molar-refractivity contribution in [3.05, 3.63) is 24.3 Å². The average molecular weight is 179 g/mol. The second kappa shape index (κ2) is 4.73.